The Kier molecular flexibility index (Phi) is 7.94. The number of aliphatic hydroxyl groups is 1. The summed E-state index contributed by atoms with van der Waals surface area (Å²) < 4.78 is 40.8. The molecular weight excluding hydrogens is 473 g/mol. The lowest BCUT2D eigenvalue weighted by Gasteiger charge is -2.41. The minimum atomic E-state index is -4.70. The van der Waals surface area contributed by atoms with Crippen molar-refractivity contribution in [2.45, 2.75) is 44.3 Å². The van der Waals surface area contributed by atoms with Crippen LogP contribution in [0.25, 0.3) is 0 Å². The van der Waals surface area contributed by atoms with E-state index in [0.717, 1.165) is 18.4 Å². The van der Waals surface area contributed by atoms with Gasteiger partial charge in [0, 0.05) is 38.9 Å². The fraction of sp³-hybridized carbons (Fsp3) is 0.520. The molecular formula is C25H29F3N6O2. The zero-order chi connectivity index (χ0) is 25.7. The molecule has 0 aliphatic carbocycles. The van der Waals surface area contributed by atoms with Crippen LogP contribution >= 0.6 is 0 Å². The number of halogens is 3. The highest BCUT2D eigenvalue weighted by atomic mass is 19.4. The molecule has 8 nitrogen and oxygen atoms in total. The van der Waals surface area contributed by atoms with Gasteiger partial charge >= 0.3 is 6.18 Å². The number of carbonyl (C=O) groups is 1. The fourth-order valence-electron chi connectivity index (χ4n) is 4.62. The van der Waals surface area contributed by atoms with E-state index in [9.17, 15) is 18.0 Å². The van der Waals surface area contributed by atoms with Crippen LogP contribution in [-0.4, -0.2) is 59.8 Å². The third-order valence-corrected chi connectivity index (χ3v) is 6.84. The van der Waals surface area contributed by atoms with E-state index in [1.165, 1.54) is 6.07 Å². The number of nitrogens with zero attached hydrogens (tertiary/aromatic N) is 5. The van der Waals surface area contributed by atoms with E-state index in [1.807, 2.05) is 17.0 Å². The Bertz CT molecular complexity index is 1090. The van der Waals surface area contributed by atoms with Crippen molar-refractivity contribution in [1.29, 1.82) is 5.26 Å². The largest absolute Gasteiger partial charge is 0.451 e. The molecule has 0 unspecified atom stereocenters. The summed E-state index contributed by atoms with van der Waals surface area (Å²) in [5.74, 6) is -0.805. The molecule has 2 aliphatic rings. The number of anilines is 2. The van der Waals surface area contributed by atoms with Crippen LogP contribution in [-0.2, 0) is 17.4 Å². The van der Waals surface area contributed by atoms with Gasteiger partial charge in [-0.25, -0.2) is 9.97 Å². The molecule has 2 fully saturated rings. The number of rotatable bonds is 8. The normalized spacial score (nSPS) is 18.5. The maximum atomic E-state index is 13.6. The molecule has 2 saturated heterocycles. The highest BCUT2D eigenvalue weighted by Gasteiger charge is 2.40. The minimum absolute atomic E-state index is 0.100. The summed E-state index contributed by atoms with van der Waals surface area (Å²) >= 11 is 0. The van der Waals surface area contributed by atoms with Gasteiger partial charge in [0.25, 0.3) is 0 Å². The van der Waals surface area contributed by atoms with E-state index in [-0.39, 0.29) is 24.1 Å². The molecule has 3 heterocycles. The maximum Gasteiger partial charge on any atom is 0.451 e. The zero-order valence-corrected chi connectivity index (χ0v) is 19.8. The van der Waals surface area contributed by atoms with Crippen molar-refractivity contribution in [1.82, 2.24) is 15.3 Å². The average Bonchev–Trinajstić information content (AvgIpc) is 2.84. The van der Waals surface area contributed by atoms with Crippen LogP contribution in [0, 0.1) is 17.2 Å². The van der Waals surface area contributed by atoms with Gasteiger partial charge in [-0.15, -0.1) is 0 Å². The predicted molar refractivity (Wildman–Crippen MR) is 127 cm³/mol. The summed E-state index contributed by atoms with van der Waals surface area (Å²) in [6.07, 6.45) is -1.37. The third-order valence-electron chi connectivity index (χ3n) is 6.84. The standard InChI is InChI=1S/C25H29F3N6O2/c26-25(27,28)24-31-21(33-11-6-18(7-12-33)9-14-35)15-22(32-24)34-13-8-20(34)23(36)30-10-5-17-1-3-19(16-29)4-2-17/h1-4,15,18,20,35H,5-14H2,(H,30,36)/t20-/m0/s1. The number of nitriles is 1. The van der Waals surface area contributed by atoms with Crippen LogP contribution in [0.5, 0.6) is 0 Å². The van der Waals surface area contributed by atoms with E-state index in [2.05, 4.69) is 21.4 Å². The number of amides is 1. The Balaban J connectivity index is 1.42. The summed E-state index contributed by atoms with van der Waals surface area (Å²) in [6.45, 7) is 2.02. The Morgan fingerprint density at radius 1 is 1.11 bits per heavy atom. The second-order valence-corrected chi connectivity index (χ2v) is 9.20. The highest BCUT2D eigenvalue weighted by Crippen LogP contribution is 2.34. The molecule has 1 aromatic heterocycles. The van der Waals surface area contributed by atoms with Crippen molar-refractivity contribution in [2.75, 3.05) is 42.6 Å². The first-order chi connectivity index (χ1) is 17.3. The number of hydrogen-bond donors (Lipinski definition) is 2. The molecule has 4 rings (SSSR count). The number of carbonyl (C=O) groups excluding carboxylic acids is 1. The maximum absolute atomic E-state index is 13.6. The van der Waals surface area contributed by atoms with Crippen molar-refractivity contribution >= 4 is 17.5 Å². The summed E-state index contributed by atoms with van der Waals surface area (Å²) in [4.78, 5) is 23.8. The van der Waals surface area contributed by atoms with Gasteiger partial charge in [-0.2, -0.15) is 18.4 Å². The first-order valence-electron chi connectivity index (χ1n) is 12.1. The lowest BCUT2D eigenvalue weighted by atomic mass is 9.94. The van der Waals surface area contributed by atoms with Gasteiger partial charge in [0.05, 0.1) is 11.6 Å². The molecule has 1 aromatic carbocycles. The molecule has 0 radical (unpaired) electrons. The molecule has 36 heavy (non-hydrogen) atoms. The van der Waals surface area contributed by atoms with Gasteiger partial charge in [0.2, 0.25) is 11.7 Å². The molecule has 0 bridgehead atoms. The average molecular weight is 503 g/mol. The van der Waals surface area contributed by atoms with Gasteiger partial charge in [-0.1, -0.05) is 12.1 Å². The Hall–Kier alpha value is -3.39. The summed E-state index contributed by atoms with van der Waals surface area (Å²) in [6, 6.07) is 10.1. The Morgan fingerprint density at radius 2 is 1.81 bits per heavy atom. The molecule has 2 N–H and O–H groups in total. The number of nitrogens with one attached hydrogen (secondary N) is 1. The van der Waals surface area contributed by atoms with Gasteiger partial charge in [-0.3, -0.25) is 4.79 Å². The predicted octanol–water partition coefficient (Wildman–Crippen LogP) is 2.90. The van der Waals surface area contributed by atoms with E-state index in [0.29, 0.717) is 56.9 Å². The van der Waals surface area contributed by atoms with Gasteiger partial charge < -0.3 is 20.2 Å². The van der Waals surface area contributed by atoms with Crippen molar-refractivity contribution in [2.24, 2.45) is 5.92 Å². The SMILES string of the molecule is N#Cc1ccc(CCNC(=O)[C@@H]2CCN2c2cc(N3CCC(CCO)CC3)nc(C(F)(F)F)n2)cc1. The summed E-state index contributed by atoms with van der Waals surface area (Å²) in [7, 11) is 0. The van der Waals surface area contributed by atoms with Crippen LogP contribution in [0.2, 0.25) is 0 Å². The Morgan fingerprint density at radius 3 is 2.39 bits per heavy atom. The highest BCUT2D eigenvalue weighted by molar-refractivity contribution is 5.86. The number of alkyl halides is 3. The molecule has 2 aliphatic heterocycles. The van der Waals surface area contributed by atoms with E-state index >= 15 is 0 Å². The van der Waals surface area contributed by atoms with Crippen LogP contribution in [0.3, 0.4) is 0 Å². The smallest absolute Gasteiger partial charge is 0.396 e. The molecule has 11 heteroatoms. The van der Waals surface area contributed by atoms with E-state index < -0.39 is 18.0 Å². The number of aromatic nitrogens is 2. The van der Waals surface area contributed by atoms with E-state index in [1.54, 1.807) is 17.0 Å². The molecule has 192 valence electrons. The molecule has 2 aromatic rings. The first-order valence-corrected chi connectivity index (χ1v) is 12.1. The van der Waals surface area contributed by atoms with Crippen LogP contribution in [0.15, 0.2) is 30.3 Å². The number of hydrogen-bond acceptors (Lipinski definition) is 7. The van der Waals surface area contributed by atoms with Crippen molar-refractivity contribution in [3.05, 3.63) is 47.3 Å². The monoisotopic (exact) mass is 502 g/mol. The lowest BCUT2D eigenvalue weighted by molar-refractivity contribution is -0.144. The topological polar surface area (TPSA) is 105 Å². The Labute approximate surface area is 207 Å². The molecule has 1 amide bonds. The molecule has 1 atom stereocenters. The first kappa shape index (κ1) is 25.7. The van der Waals surface area contributed by atoms with Gasteiger partial charge in [-0.05, 0) is 55.7 Å². The number of aliphatic hydroxyl groups excluding tert-OH is 1. The number of benzene rings is 1. The van der Waals surface area contributed by atoms with Crippen molar-refractivity contribution < 1.29 is 23.1 Å². The van der Waals surface area contributed by atoms with Crippen LogP contribution < -0.4 is 15.1 Å². The van der Waals surface area contributed by atoms with Crippen LogP contribution in [0.1, 0.15) is 42.6 Å². The molecule has 0 saturated carbocycles. The lowest BCUT2D eigenvalue weighted by Crippen LogP contribution is -2.57. The van der Waals surface area contributed by atoms with Gasteiger partial charge in [0.15, 0.2) is 0 Å². The van der Waals surface area contributed by atoms with Crippen molar-refractivity contribution in [3.63, 3.8) is 0 Å². The second-order valence-electron chi connectivity index (χ2n) is 9.20. The summed E-state index contributed by atoms with van der Waals surface area (Å²) in [5, 5.41) is 20.9. The second kappa shape index (κ2) is 11.1. The number of piperidine rings is 1. The van der Waals surface area contributed by atoms with Gasteiger partial charge in [0.1, 0.15) is 17.7 Å². The van der Waals surface area contributed by atoms with Crippen molar-refractivity contribution in [3.8, 4) is 6.07 Å². The molecule has 0 spiro atoms. The minimum Gasteiger partial charge on any atom is -0.396 e. The summed E-state index contributed by atoms with van der Waals surface area (Å²) in [5.41, 5.74) is 1.53. The van der Waals surface area contributed by atoms with E-state index in [4.69, 9.17) is 10.4 Å². The van der Waals surface area contributed by atoms with Crippen LogP contribution in [0.4, 0.5) is 24.8 Å². The quantitative estimate of drug-likeness (QED) is 0.572. The fourth-order valence-corrected chi connectivity index (χ4v) is 4.62. The third kappa shape index (κ3) is 6.05. The zero-order valence-electron chi connectivity index (χ0n) is 19.8.